The van der Waals surface area contributed by atoms with E-state index in [0.29, 0.717) is 11.6 Å². The van der Waals surface area contributed by atoms with Crippen molar-refractivity contribution in [1.29, 1.82) is 0 Å². The molecule has 1 unspecified atom stereocenters. The van der Waals surface area contributed by atoms with Crippen LogP contribution in [0.15, 0.2) is 6.07 Å². The van der Waals surface area contributed by atoms with E-state index in [1.807, 2.05) is 6.07 Å². The number of amides is 1. The Labute approximate surface area is 118 Å². The molecule has 1 saturated heterocycles. The molecule has 3 rings (SSSR count). The van der Waals surface area contributed by atoms with Crippen LogP contribution in [0.3, 0.4) is 0 Å². The van der Waals surface area contributed by atoms with Gasteiger partial charge in [0.2, 0.25) is 0 Å². The molecule has 2 fully saturated rings. The van der Waals surface area contributed by atoms with E-state index in [4.69, 9.17) is 0 Å². The van der Waals surface area contributed by atoms with E-state index in [0.717, 1.165) is 24.3 Å². The van der Waals surface area contributed by atoms with Crippen molar-refractivity contribution in [2.75, 3.05) is 6.54 Å². The van der Waals surface area contributed by atoms with Crippen molar-refractivity contribution in [2.45, 2.75) is 57.5 Å². The predicted molar refractivity (Wildman–Crippen MR) is 78.9 cm³/mol. The molecule has 2 N–H and O–H groups in total. The van der Waals surface area contributed by atoms with Gasteiger partial charge in [0, 0.05) is 16.5 Å². The monoisotopic (exact) mass is 278 g/mol. The molecule has 1 amide bonds. The van der Waals surface area contributed by atoms with E-state index in [2.05, 4.69) is 24.5 Å². The first-order valence-electron chi connectivity index (χ1n) is 7.21. The number of nitrogens with one attached hydrogen (secondary N) is 2. The maximum atomic E-state index is 12.3. The van der Waals surface area contributed by atoms with Crippen molar-refractivity contribution in [2.24, 2.45) is 0 Å². The summed E-state index contributed by atoms with van der Waals surface area (Å²) in [6.45, 7) is 5.18. The van der Waals surface area contributed by atoms with Gasteiger partial charge in [0.15, 0.2) is 0 Å². The normalized spacial score (nSPS) is 25.1. The van der Waals surface area contributed by atoms with Crippen LogP contribution in [-0.4, -0.2) is 24.0 Å². The highest BCUT2D eigenvalue weighted by Gasteiger charge is 2.41. The Morgan fingerprint density at radius 1 is 1.47 bits per heavy atom. The number of hydrogen-bond acceptors (Lipinski definition) is 3. The predicted octanol–water partition coefficient (Wildman–Crippen LogP) is 2.77. The molecular formula is C15H22N2OS. The number of aryl methyl sites for hydroxylation is 2. The van der Waals surface area contributed by atoms with E-state index < -0.39 is 0 Å². The van der Waals surface area contributed by atoms with Gasteiger partial charge in [-0.25, -0.2) is 0 Å². The Hall–Kier alpha value is -0.870. The highest BCUT2D eigenvalue weighted by molar-refractivity contribution is 7.14. The zero-order valence-electron chi connectivity index (χ0n) is 11.7. The van der Waals surface area contributed by atoms with Gasteiger partial charge in [0.1, 0.15) is 0 Å². The van der Waals surface area contributed by atoms with Crippen molar-refractivity contribution in [3.8, 4) is 0 Å². The second-order valence-electron chi connectivity index (χ2n) is 6.07. The van der Waals surface area contributed by atoms with Gasteiger partial charge in [-0.1, -0.05) is 0 Å². The molecule has 1 aromatic heterocycles. The molecule has 0 aromatic carbocycles. The minimum absolute atomic E-state index is 0.113. The second kappa shape index (κ2) is 4.91. The highest BCUT2D eigenvalue weighted by atomic mass is 32.1. The summed E-state index contributed by atoms with van der Waals surface area (Å²) < 4.78 is 0. The second-order valence-corrected chi connectivity index (χ2v) is 7.33. The maximum Gasteiger partial charge on any atom is 0.261 e. The van der Waals surface area contributed by atoms with Crippen LogP contribution in [0.4, 0.5) is 0 Å². The molecule has 4 heteroatoms. The van der Waals surface area contributed by atoms with Gasteiger partial charge in [-0.3, -0.25) is 4.79 Å². The molecule has 1 aliphatic carbocycles. The largest absolute Gasteiger partial charge is 0.348 e. The quantitative estimate of drug-likeness (QED) is 0.873. The van der Waals surface area contributed by atoms with Gasteiger partial charge in [0.25, 0.3) is 5.91 Å². The Morgan fingerprint density at radius 3 is 2.84 bits per heavy atom. The summed E-state index contributed by atoms with van der Waals surface area (Å²) in [4.78, 5) is 14.4. The van der Waals surface area contributed by atoms with E-state index in [1.165, 1.54) is 29.7 Å². The van der Waals surface area contributed by atoms with Crippen molar-refractivity contribution in [3.05, 3.63) is 21.4 Å². The van der Waals surface area contributed by atoms with Gasteiger partial charge in [-0.2, -0.15) is 0 Å². The van der Waals surface area contributed by atoms with Crippen LogP contribution in [0.2, 0.25) is 0 Å². The van der Waals surface area contributed by atoms with Gasteiger partial charge >= 0.3 is 0 Å². The average Bonchev–Trinajstić information content (AvgIpc) is 2.68. The lowest BCUT2D eigenvalue weighted by Crippen LogP contribution is -2.59. The Morgan fingerprint density at radius 2 is 2.26 bits per heavy atom. The van der Waals surface area contributed by atoms with E-state index in [1.54, 1.807) is 11.3 Å². The lowest BCUT2D eigenvalue weighted by Gasteiger charge is -2.48. The van der Waals surface area contributed by atoms with Crippen molar-refractivity contribution in [1.82, 2.24) is 10.6 Å². The van der Waals surface area contributed by atoms with Crippen molar-refractivity contribution >= 4 is 17.2 Å². The summed E-state index contributed by atoms with van der Waals surface area (Å²) in [5.74, 6) is 0.113. The van der Waals surface area contributed by atoms with Gasteiger partial charge in [-0.15, -0.1) is 11.3 Å². The molecule has 2 aliphatic rings. The standard InChI is InChI=1S/C15H22N2OS/c1-10-8-13(19-11(10)2)14(18)17-12-4-7-16-15(9-12)5-3-6-15/h8,12,16H,3-7,9H2,1-2H3,(H,17,18). The summed E-state index contributed by atoms with van der Waals surface area (Å²) >= 11 is 1.60. The lowest BCUT2D eigenvalue weighted by molar-refractivity contribution is 0.0856. The highest BCUT2D eigenvalue weighted by Crippen LogP contribution is 2.38. The first-order chi connectivity index (χ1) is 9.08. The molecule has 1 spiro atoms. The fourth-order valence-corrected chi connectivity index (χ4v) is 4.14. The number of hydrogen-bond donors (Lipinski definition) is 2. The van der Waals surface area contributed by atoms with Crippen molar-refractivity contribution < 1.29 is 4.79 Å². The molecule has 1 aliphatic heterocycles. The number of rotatable bonds is 2. The molecule has 19 heavy (non-hydrogen) atoms. The molecule has 1 atom stereocenters. The topological polar surface area (TPSA) is 41.1 Å². The maximum absolute atomic E-state index is 12.3. The Balaban J connectivity index is 1.63. The van der Waals surface area contributed by atoms with Crippen LogP contribution < -0.4 is 10.6 Å². The summed E-state index contributed by atoms with van der Waals surface area (Å²) in [6.07, 6.45) is 6.03. The van der Waals surface area contributed by atoms with Gasteiger partial charge in [0.05, 0.1) is 4.88 Å². The fourth-order valence-electron chi connectivity index (χ4n) is 3.21. The Kier molecular flexibility index (Phi) is 3.39. The van der Waals surface area contributed by atoms with Crippen LogP contribution in [0.25, 0.3) is 0 Å². The average molecular weight is 278 g/mol. The molecule has 3 nitrogen and oxygen atoms in total. The van der Waals surface area contributed by atoms with Crippen LogP contribution >= 0.6 is 11.3 Å². The summed E-state index contributed by atoms with van der Waals surface area (Å²) in [6, 6.07) is 2.35. The molecule has 104 valence electrons. The molecule has 1 saturated carbocycles. The van der Waals surface area contributed by atoms with E-state index in [9.17, 15) is 4.79 Å². The third kappa shape index (κ3) is 2.56. The summed E-state index contributed by atoms with van der Waals surface area (Å²) in [5, 5.41) is 6.87. The summed E-state index contributed by atoms with van der Waals surface area (Å²) in [7, 11) is 0. The van der Waals surface area contributed by atoms with E-state index in [-0.39, 0.29) is 5.91 Å². The fraction of sp³-hybridized carbons (Fsp3) is 0.667. The first kappa shape index (κ1) is 13.1. The first-order valence-corrected chi connectivity index (χ1v) is 8.03. The van der Waals surface area contributed by atoms with Crippen LogP contribution in [0.1, 0.15) is 52.2 Å². The minimum atomic E-state index is 0.113. The van der Waals surface area contributed by atoms with Crippen LogP contribution in [0.5, 0.6) is 0 Å². The molecule has 0 bridgehead atoms. The number of piperidine rings is 1. The summed E-state index contributed by atoms with van der Waals surface area (Å²) in [5.41, 5.74) is 1.56. The Bertz CT molecular complexity index is 471. The third-order valence-corrected chi connectivity index (χ3v) is 5.82. The van der Waals surface area contributed by atoms with Crippen LogP contribution in [-0.2, 0) is 0 Å². The van der Waals surface area contributed by atoms with Crippen LogP contribution in [0, 0.1) is 13.8 Å². The smallest absolute Gasteiger partial charge is 0.261 e. The molecular weight excluding hydrogens is 256 g/mol. The number of carbonyl (C=O) groups excluding carboxylic acids is 1. The molecule has 1 aromatic rings. The molecule has 2 heterocycles. The minimum Gasteiger partial charge on any atom is -0.348 e. The third-order valence-electron chi connectivity index (χ3n) is 4.67. The van der Waals surface area contributed by atoms with Gasteiger partial charge < -0.3 is 10.6 Å². The van der Waals surface area contributed by atoms with Gasteiger partial charge in [-0.05, 0) is 64.1 Å². The van der Waals surface area contributed by atoms with Crippen molar-refractivity contribution in [3.63, 3.8) is 0 Å². The zero-order chi connectivity index (χ0) is 13.5. The number of thiophene rings is 1. The lowest BCUT2D eigenvalue weighted by atomic mass is 9.70. The SMILES string of the molecule is Cc1cc(C(=O)NC2CCNC3(CCC3)C2)sc1C. The van der Waals surface area contributed by atoms with E-state index >= 15 is 0 Å². The zero-order valence-corrected chi connectivity index (χ0v) is 12.5. The molecule has 0 radical (unpaired) electrons. The number of carbonyl (C=O) groups is 1.